The quantitative estimate of drug-likeness (QED) is 0.739. The minimum atomic E-state index is -0.210. The monoisotopic (exact) mass is 320 g/mol. The lowest BCUT2D eigenvalue weighted by molar-refractivity contribution is -0.140. The van der Waals surface area contributed by atoms with E-state index in [-0.39, 0.29) is 25.0 Å². The van der Waals surface area contributed by atoms with Crippen LogP contribution < -0.4 is 4.74 Å². The van der Waals surface area contributed by atoms with Crippen molar-refractivity contribution in [2.75, 3.05) is 33.3 Å². The third-order valence-electron chi connectivity index (χ3n) is 3.82. The minimum Gasteiger partial charge on any atom is -0.484 e. The lowest BCUT2D eigenvalue weighted by Gasteiger charge is -2.23. The molecule has 0 saturated heterocycles. The molecule has 1 aromatic rings. The summed E-state index contributed by atoms with van der Waals surface area (Å²) in [7, 11) is 1.62. The Morgan fingerprint density at radius 2 is 1.61 bits per heavy atom. The summed E-state index contributed by atoms with van der Waals surface area (Å²) in [5.74, 6) is 0.861. The molecular weight excluding hydrogens is 292 g/mol. The van der Waals surface area contributed by atoms with Crippen molar-refractivity contribution in [3.63, 3.8) is 0 Å². The number of rotatable bonds is 8. The van der Waals surface area contributed by atoms with Gasteiger partial charge in [0.1, 0.15) is 5.75 Å². The average Bonchev–Trinajstić information content (AvgIpc) is 2.53. The van der Waals surface area contributed by atoms with Gasteiger partial charge >= 0.3 is 0 Å². The number of ether oxygens (including phenoxy) is 1. The van der Waals surface area contributed by atoms with Gasteiger partial charge in [0.25, 0.3) is 5.91 Å². The van der Waals surface area contributed by atoms with Gasteiger partial charge in [0, 0.05) is 20.1 Å². The van der Waals surface area contributed by atoms with Crippen molar-refractivity contribution in [1.29, 1.82) is 0 Å². The number of hydrogen-bond donors (Lipinski definition) is 0. The molecule has 2 amide bonds. The second kappa shape index (κ2) is 9.18. The molecule has 0 bridgehead atoms. The Morgan fingerprint density at radius 1 is 1.04 bits per heavy atom. The van der Waals surface area contributed by atoms with Gasteiger partial charge in [-0.1, -0.05) is 26.0 Å². The van der Waals surface area contributed by atoms with Gasteiger partial charge in [-0.3, -0.25) is 9.59 Å². The first-order valence-electron chi connectivity index (χ1n) is 8.13. The van der Waals surface area contributed by atoms with Gasteiger partial charge in [-0.05, 0) is 37.5 Å². The molecule has 0 fully saturated rings. The van der Waals surface area contributed by atoms with Crippen molar-refractivity contribution in [2.24, 2.45) is 0 Å². The standard InChI is InChI=1S/C18H28N2O3/c1-6-20(7-2)17(21)12-19(5)18(22)13-23-16-10-8-15(9-11-16)14(3)4/h8-11,14H,6-7,12-13H2,1-5H3. The number of carbonyl (C=O) groups is 2. The first-order chi connectivity index (χ1) is 10.9. The van der Waals surface area contributed by atoms with Gasteiger partial charge in [-0.2, -0.15) is 0 Å². The Morgan fingerprint density at radius 3 is 2.09 bits per heavy atom. The second-order valence-corrected chi connectivity index (χ2v) is 5.83. The van der Waals surface area contributed by atoms with E-state index in [2.05, 4.69) is 13.8 Å². The summed E-state index contributed by atoms with van der Waals surface area (Å²) in [5.41, 5.74) is 1.23. The summed E-state index contributed by atoms with van der Waals surface area (Å²) in [6, 6.07) is 7.73. The van der Waals surface area contributed by atoms with E-state index in [9.17, 15) is 9.59 Å². The van der Waals surface area contributed by atoms with Crippen LogP contribution in [0.15, 0.2) is 24.3 Å². The van der Waals surface area contributed by atoms with Gasteiger partial charge in [-0.25, -0.2) is 0 Å². The number of carbonyl (C=O) groups excluding carboxylic acids is 2. The van der Waals surface area contributed by atoms with Crippen LogP contribution in [0.4, 0.5) is 0 Å². The maximum atomic E-state index is 12.1. The topological polar surface area (TPSA) is 49.9 Å². The zero-order chi connectivity index (χ0) is 17.4. The van der Waals surface area contributed by atoms with Crippen molar-refractivity contribution in [2.45, 2.75) is 33.6 Å². The number of hydrogen-bond acceptors (Lipinski definition) is 3. The van der Waals surface area contributed by atoms with Gasteiger partial charge in [0.15, 0.2) is 6.61 Å². The maximum Gasteiger partial charge on any atom is 0.260 e. The first kappa shape index (κ1) is 19.0. The molecule has 0 heterocycles. The molecule has 0 aliphatic rings. The lowest BCUT2D eigenvalue weighted by Crippen LogP contribution is -2.42. The summed E-state index contributed by atoms with van der Waals surface area (Å²) in [6.45, 7) is 9.41. The highest BCUT2D eigenvalue weighted by molar-refractivity contribution is 5.85. The van der Waals surface area contributed by atoms with Crippen LogP contribution in [0.1, 0.15) is 39.2 Å². The molecule has 0 N–H and O–H groups in total. The second-order valence-electron chi connectivity index (χ2n) is 5.83. The zero-order valence-electron chi connectivity index (χ0n) is 14.8. The van der Waals surface area contributed by atoms with Gasteiger partial charge in [0.05, 0.1) is 6.54 Å². The van der Waals surface area contributed by atoms with Crippen molar-refractivity contribution in [1.82, 2.24) is 9.80 Å². The molecule has 5 nitrogen and oxygen atoms in total. The molecule has 1 rings (SSSR count). The van der Waals surface area contributed by atoms with Crippen LogP contribution >= 0.6 is 0 Å². The first-order valence-corrected chi connectivity index (χ1v) is 8.13. The van der Waals surface area contributed by atoms with Crippen LogP contribution in [0.25, 0.3) is 0 Å². The molecule has 0 radical (unpaired) electrons. The van der Waals surface area contributed by atoms with Crippen LogP contribution in [0.3, 0.4) is 0 Å². The Balaban J connectivity index is 2.47. The van der Waals surface area contributed by atoms with Crippen molar-refractivity contribution in [3.8, 4) is 5.75 Å². The van der Waals surface area contributed by atoms with E-state index in [4.69, 9.17) is 4.74 Å². The lowest BCUT2D eigenvalue weighted by atomic mass is 10.0. The van der Waals surface area contributed by atoms with Crippen LogP contribution in [0.2, 0.25) is 0 Å². The summed E-state index contributed by atoms with van der Waals surface area (Å²) < 4.78 is 5.50. The highest BCUT2D eigenvalue weighted by atomic mass is 16.5. The van der Waals surface area contributed by atoms with E-state index in [1.165, 1.54) is 10.5 Å². The Bertz CT molecular complexity index is 508. The average molecular weight is 320 g/mol. The largest absolute Gasteiger partial charge is 0.484 e. The number of likely N-dealkylation sites (N-methyl/N-ethyl adjacent to an activating group) is 2. The number of amides is 2. The van der Waals surface area contributed by atoms with E-state index < -0.39 is 0 Å². The van der Waals surface area contributed by atoms with Gasteiger partial charge in [-0.15, -0.1) is 0 Å². The van der Waals surface area contributed by atoms with E-state index in [0.717, 1.165) is 0 Å². The minimum absolute atomic E-state index is 0.0489. The predicted molar refractivity (Wildman–Crippen MR) is 91.6 cm³/mol. The van der Waals surface area contributed by atoms with Crippen molar-refractivity contribution in [3.05, 3.63) is 29.8 Å². The fraction of sp³-hybridized carbons (Fsp3) is 0.556. The summed E-state index contributed by atoms with van der Waals surface area (Å²) in [6.07, 6.45) is 0. The molecule has 0 spiro atoms. The Kier molecular flexibility index (Phi) is 7.59. The highest BCUT2D eigenvalue weighted by Crippen LogP contribution is 2.18. The third kappa shape index (κ3) is 5.93. The molecule has 0 aliphatic heterocycles. The molecule has 0 aliphatic carbocycles. The third-order valence-corrected chi connectivity index (χ3v) is 3.82. The van der Waals surface area contributed by atoms with Crippen LogP contribution in [0.5, 0.6) is 5.75 Å². The van der Waals surface area contributed by atoms with Crippen molar-refractivity contribution >= 4 is 11.8 Å². The molecule has 23 heavy (non-hydrogen) atoms. The summed E-state index contributed by atoms with van der Waals surface area (Å²) >= 11 is 0. The van der Waals surface area contributed by atoms with Crippen LogP contribution in [-0.4, -0.2) is 54.9 Å². The molecule has 1 aromatic carbocycles. The highest BCUT2D eigenvalue weighted by Gasteiger charge is 2.16. The number of benzene rings is 1. The molecule has 0 saturated carbocycles. The van der Waals surface area contributed by atoms with Crippen molar-refractivity contribution < 1.29 is 14.3 Å². The molecule has 0 unspecified atom stereocenters. The van der Waals surface area contributed by atoms with E-state index >= 15 is 0 Å². The predicted octanol–water partition coefficient (Wildman–Crippen LogP) is 2.52. The van der Waals surface area contributed by atoms with Gasteiger partial charge < -0.3 is 14.5 Å². The molecular formula is C18H28N2O3. The van der Waals surface area contributed by atoms with E-state index in [1.807, 2.05) is 38.1 Å². The fourth-order valence-corrected chi connectivity index (χ4v) is 2.17. The SMILES string of the molecule is CCN(CC)C(=O)CN(C)C(=O)COc1ccc(C(C)C)cc1. The van der Waals surface area contributed by atoms with E-state index in [1.54, 1.807) is 11.9 Å². The smallest absolute Gasteiger partial charge is 0.260 e. The van der Waals surface area contributed by atoms with Gasteiger partial charge in [0.2, 0.25) is 5.91 Å². The Hall–Kier alpha value is -2.04. The summed E-state index contributed by atoms with van der Waals surface area (Å²) in [5, 5.41) is 0. The normalized spacial score (nSPS) is 10.5. The summed E-state index contributed by atoms with van der Waals surface area (Å²) in [4.78, 5) is 27.2. The van der Waals surface area contributed by atoms with Crippen LogP contribution in [0, 0.1) is 0 Å². The molecule has 0 aromatic heterocycles. The zero-order valence-corrected chi connectivity index (χ0v) is 14.8. The fourth-order valence-electron chi connectivity index (χ4n) is 2.17. The molecule has 0 atom stereocenters. The van der Waals surface area contributed by atoms with Crippen LogP contribution in [-0.2, 0) is 9.59 Å². The Labute approximate surface area is 139 Å². The molecule has 5 heteroatoms. The molecule has 128 valence electrons. The number of nitrogens with zero attached hydrogens (tertiary/aromatic N) is 2. The maximum absolute atomic E-state index is 12.1. The van der Waals surface area contributed by atoms with E-state index in [0.29, 0.717) is 24.8 Å².